The molecule has 0 saturated carbocycles. The van der Waals surface area contributed by atoms with Gasteiger partial charge in [-0.2, -0.15) is 17.6 Å². The highest BCUT2D eigenvalue weighted by Gasteiger charge is 2.29. The molecule has 0 aliphatic heterocycles. The van der Waals surface area contributed by atoms with Crippen molar-refractivity contribution in [3.05, 3.63) is 47.8 Å². The van der Waals surface area contributed by atoms with Crippen LogP contribution in [0.5, 0.6) is 11.8 Å². The zero-order chi connectivity index (χ0) is 26.1. The van der Waals surface area contributed by atoms with Crippen molar-refractivity contribution in [2.45, 2.75) is 51.9 Å². The van der Waals surface area contributed by atoms with E-state index in [1.54, 1.807) is 33.8 Å². The van der Waals surface area contributed by atoms with Crippen LogP contribution < -0.4 is 20.5 Å². The van der Waals surface area contributed by atoms with Gasteiger partial charge in [0.05, 0.1) is 29.5 Å². The normalized spacial score (nSPS) is 11.4. The van der Waals surface area contributed by atoms with Gasteiger partial charge in [-0.15, -0.1) is 0 Å². The Balaban J connectivity index is 0.000000342. The molecule has 0 bridgehead atoms. The molecule has 3 N–H and O–H groups in total. The zero-order valence-electron chi connectivity index (χ0n) is 19.1. The first-order valence-electron chi connectivity index (χ1n) is 9.69. The minimum Gasteiger partial charge on any atom is -0.453 e. The number of nitrogens with two attached hydrogens (primary N) is 1. The fourth-order valence-electron chi connectivity index (χ4n) is 2.34. The third-order valence-electron chi connectivity index (χ3n) is 4.36. The van der Waals surface area contributed by atoms with Gasteiger partial charge in [0.25, 0.3) is 0 Å². The molecule has 0 aliphatic rings. The molecule has 34 heavy (non-hydrogen) atoms. The summed E-state index contributed by atoms with van der Waals surface area (Å²) in [5, 5.41) is 2.54. The maximum absolute atomic E-state index is 12.1. The molecule has 2 aromatic heterocycles. The second-order valence-electron chi connectivity index (χ2n) is 7.71. The molecule has 2 aromatic rings. The van der Waals surface area contributed by atoms with E-state index >= 15 is 0 Å². The molecule has 0 aliphatic carbocycles. The van der Waals surface area contributed by atoms with E-state index < -0.39 is 36.2 Å². The number of pyridine rings is 2. The summed E-state index contributed by atoms with van der Waals surface area (Å²) in [6.45, 7) is 0.564. The molecular weight excluding hydrogens is 464 g/mol. The van der Waals surface area contributed by atoms with Gasteiger partial charge in [0.1, 0.15) is 0 Å². The number of hydrogen-bond acceptors (Lipinski definition) is 7. The molecular formula is C21H26F4N4O5. The number of aromatic nitrogens is 2. The summed E-state index contributed by atoms with van der Waals surface area (Å²) in [7, 11) is 1.23. The Morgan fingerprint density at radius 3 is 1.74 bits per heavy atom. The summed E-state index contributed by atoms with van der Waals surface area (Å²) in [4.78, 5) is 30.0. The minimum absolute atomic E-state index is 0.206. The lowest BCUT2D eigenvalue weighted by Crippen LogP contribution is -2.41. The van der Waals surface area contributed by atoms with Gasteiger partial charge in [0.15, 0.2) is 0 Å². The Morgan fingerprint density at radius 2 is 1.32 bits per heavy atom. The van der Waals surface area contributed by atoms with Crippen molar-refractivity contribution in [2.24, 2.45) is 5.73 Å². The van der Waals surface area contributed by atoms with Crippen molar-refractivity contribution >= 4 is 12.0 Å². The highest BCUT2D eigenvalue weighted by Crippen LogP contribution is 2.23. The first-order chi connectivity index (χ1) is 15.7. The number of halogens is 4. The summed E-state index contributed by atoms with van der Waals surface area (Å²) in [5.41, 5.74) is 3.96. The van der Waals surface area contributed by atoms with Gasteiger partial charge >= 0.3 is 19.3 Å². The van der Waals surface area contributed by atoms with Crippen molar-refractivity contribution in [1.82, 2.24) is 15.3 Å². The number of primary amides is 1. The minimum atomic E-state index is -2.94. The summed E-state index contributed by atoms with van der Waals surface area (Å²) in [6, 6.07) is 8.71. The fraction of sp³-hybridized carbons (Fsp3) is 0.429. The molecule has 9 nitrogen and oxygen atoms in total. The molecule has 0 fully saturated rings. The van der Waals surface area contributed by atoms with Gasteiger partial charge in [-0.1, -0.05) is 12.1 Å². The smallest absolute Gasteiger partial charge is 0.407 e. The Bertz CT molecular complexity index is 974. The Kier molecular flexibility index (Phi) is 10.0. The van der Waals surface area contributed by atoms with E-state index in [0.29, 0.717) is 5.69 Å². The first kappa shape index (κ1) is 28.4. The number of ether oxygens (including phenoxy) is 3. The Morgan fingerprint density at radius 1 is 0.882 bits per heavy atom. The summed E-state index contributed by atoms with van der Waals surface area (Å²) < 4.78 is 60.8. The van der Waals surface area contributed by atoms with E-state index in [-0.39, 0.29) is 17.5 Å². The van der Waals surface area contributed by atoms with Crippen LogP contribution in [-0.2, 0) is 20.5 Å². The lowest BCUT2D eigenvalue weighted by molar-refractivity contribution is -0.122. The van der Waals surface area contributed by atoms with Crippen LogP contribution in [-0.4, -0.2) is 42.3 Å². The molecule has 2 amide bonds. The van der Waals surface area contributed by atoms with Crippen LogP contribution in [0.15, 0.2) is 36.4 Å². The number of carbonyl (C=O) groups is 2. The van der Waals surface area contributed by atoms with Crippen molar-refractivity contribution in [1.29, 1.82) is 0 Å². The van der Waals surface area contributed by atoms with E-state index in [0.717, 1.165) is 0 Å². The number of nitrogens with zero attached hydrogens (tertiary/aromatic N) is 2. The lowest BCUT2D eigenvalue weighted by atomic mass is 9.88. The average molecular weight is 490 g/mol. The third-order valence-corrected chi connectivity index (χ3v) is 4.36. The number of amides is 2. The van der Waals surface area contributed by atoms with Gasteiger partial charge in [-0.05, 0) is 39.8 Å². The largest absolute Gasteiger partial charge is 0.453 e. The van der Waals surface area contributed by atoms with Crippen LogP contribution in [0.1, 0.15) is 39.1 Å². The SMILES string of the molecule is CC(C)(C(N)=O)c1cccc(OC(F)F)n1.COC(=O)NC(C)(C)c1cccc(OC(F)F)n1. The number of rotatable bonds is 8. The monoisotopic (exact) mass is 490 g/mol. The number of carbonyl (C=O) groups excluding carboxylic acids is 2. The van der Waals surface area contributed by atoms with Crippen LogP contribution in [0.4, 0.5) is 22.4 Å². The van der Waals surface area contributed by atoms with Crippen LogP contribution in [0.2, 0.25) is 0 Å². The third kappa shape index (κ3) is 8.71. The number of alkyl carbamates (subject to hydrolysis) is 1. The number of nitrogens with one attached hydrogen (secondary N) is 1. The van der Waals surface area contributed by atoms with Gasteiger partial charge in [-0.3, -0.25) is 4.79 Å². The lowest BCUT2D eigenvalue weighted by Gasteiger charge is -2.25. The van der Waals surface area contributed by atoms with E-state index in [9.17, 15) is 27.2 Å². The Labute approximate surface area is 193 Å². The van der Waals surface area contributed by atoms with Crippen molar-refractivity contribution in [2.75, 3.05) is 7.11 Å². The topological polar surface area (TPSA) is 126 Å². The predicted molar refractivity (Wildman–Crippen MR) is 113 cm³/mol. The van der Waals surface area contributed by atoms with Gasteiger partial charge in [0.2, 0.25) is 17.7 Å². The van der Waals surface area contributed by atoms with Crippen LogP contribution in [0, 0.1) is 0 Å². The maximum atomic E-state index is 12.1. The summed E-state index contributed by atoms with van der Waals surface area (Å²) in [6.07, 6.45) is -0.637. The second kappa shape index (κ2) is 12.0. The molecule has 0 unspecified atom stereocenters. The first-order valence-corrected chi connectivity index (χ1v) is 9.69. The van der Waals surface area contributed by atoms with Crippen molar-refractivity contribution in [3.8, 4) is 11.8 Å². The summed E-state index contributed by atoms with van der Waals surface area (Å²) >= 11 is 0. The van der Waals surface area contributed by atoms with E-state index in [1.165, 1.54) is 37.4 Å². The molecule has 0 saturated heterocycles. The van der Waals surface area contributed by atoms with Crippen LogP contribution in [0.3, 0.4) is 0 Å². The highest BCUT2D eigenvalue weighted by molar-refractivity contribution is 5.85. The molecule has 188 valence electrons. The van der Waals surface area contributed by atoms with Crippen molar-refractivity contribution < 1.29 is 41.4 Å². The molecule has 0 spiro atoms. The number of methoxy groups -OCH3 is 1. The van der Waals surface area contributed by atoms with E-state index in [2.05, 4.69) is 29.5 Å². The maximum Gasteiger partial charge on any atom is 0.407 e. The van der Waals surface area contributed by atoms with Crippen LogP contribution in [0.25, 0.3) is 0 Å². The molecule has 0 atom stereocenters. The predicted octanol–water partition coefficient (Wildman–Crippen LogP) is 3.72. The summed E-state index contributed by atoms with van der Waals surface area (Å²) in [5.74, 6) is -1.03. The quantitative estimate of drug-likeness (QED) is 0.540. The average Bonchev–Trinajstić information content (AvgIpc) is 2.73. The molecule has 0 aromatic carbocycles. The van der Waals surface area contributed by atoms with Gasteiger partial charge in [-0.25, -0.2) is 14.8 Å². The molecule has 0 radical (unpaired) electrons. The standard InChI is InChI=1S/C11H14F2N2O3.C10H12F2N2O2/c1-11(2,15-10(16)17-3)7-5-4-6-8(14-7)18-9(12)13;1-10(2,8(13)15)6-4-3-5-7(14-6)16-9(11)12/h4-6,9H,1-3H3,(H,15,16);3-5,9H,1-2H3,(H2,13,15). The zero-order valence-corrected chi connectivity index (χ0v) is 19.1. The highest BCUT2D eigenvalue weighted by atomic mass is 19.3. The molecule has 2 rings (SSSR count). The Hall–Kier alpha value is -3.64. The number of hydrogen-bond donors (Lipinski definition) is 2. The second-order valence-corrected chi connectivity index (χ2v) is 7.71. The van der Waals surface area contributed by atoms with Crippen LogP contribution >= 0.6 is 0 Å². The molecule has 2 heterocycles. The van der Waals surface area contributed by atoms with Gasteiger partial charge < -0.3 is 25.3 Å². The fourth-order valence-corrected chi connectivity index (χ4v) is 2.34. The molecule has 13 heteroatoms. The van der Waals surface area contributed by atoms with Gasteiger partial charge in [0, 0.05) is 12.1 Å². The van der Waals surface area contributed by atoms with Crippen molar-refractivity contribution in [3.63, 3.8) is 0 Å². The van der Waals surface area contributed by atoms with E-state index in [4.69, 9.17) is 5.73 Å². The number of alkyl halides is 4. The van der Waals surface area contributed by atoms with E-state index in [1.807, 2.05) is 0 Å².